The van der Waals surface area contributed by atoms with Crippen LogP contribution in [0.5, 0.6) is 5.75 Å². The van der Waals surface area contributed by atoms with Crippen LogP contribution >= 0.6 is 11.6 Å². The summed E-state index contributed by atoms with van der Waals surface area (Å²) in [5, 5.41) is 0.729. The van der Waals surface area contributed by atoms with Gasteiger partial charge < -0.3 is 4.74 Å². The fourth-order valence-corrected chi connectivity index (χ4v) is 2.09. The van der Waals surface area contributed by atoms with E-state index in [-0.39, 0.29) is 6.04 Å². The molecule has 2 rings (SSSR count). The first-order chi connectivity index (χ1) is 9.17. The number of aromatic nitrogens is 1. The van der Waals surface area contributed by atoms with E-state index in [1.54, 1.807) is 13.3 Å². The van der Waals surface area contributed by atoms with Gasteiger partial charge in [-0.05, 0) is 36.2 Å². The quantitative estimate of drug-likeness (QED) is 0.666. The Morgan fingerprint density at radius 2 is 2.16 bits per heavy atom. The maximum absolute atomic E-state index is 6.04. The summed E-state index contributed by atoms with van der Waals surface area (Å²) in [5.41, 5.74) is 5.50. The molecule has 1 aromatic carbocycles. The van der Waals surface area contributed by atoms with Crippen molar-refractivity contribution in [1.29, 1.82) is 0 Å². The van der Waals surface area contributed by atoms with Gasteiger partial charge in [0.25, 0.3) is 0 Å². The maximum atomic E-state index is 6.04. The van der Waals surface area contributed by atoms with Crippen LogP contribution in [0, 0.1) is 6.92 Å². The highest BCUT2D eigenvalue weighted by molar-refractivity contribution is 6.31. The van der Waals surface area contributed by atoms with Gasteiger partial charge in [0.2, 0.25) is 0 Å². The van der Waals surface area contributed by atoms with Gasteiger partial charge >= 0.3 is 0 Å². The lowest BCUT2D eigenvalue weighted by atomic mass is 10.0. The molecule has 0 aliphatic rings. The molecule has 1 atom stereocenters. The Morgan fingerprint density at radius 3 is 2.79 bits per heavy atom. The molecule has 100 valence electrons. The van der Waals surface area contributed by atoms with E-state index in [2.05, 4.69) is 10.4 Å². The number of benzene rings is 1. The van der Waals surface area contributed by atoms with E-state index in [0.29, 0.717) is 5.75 Å². The fraction of sp³-hybridized carbons (Fsp3) is 0.214. The number of pyridine rings is 1. The van der Waals surface area contributed by atoms with Crippen LogP contribution < -0.4 is 16.0 Å². The van der Waals surface area contributed by atoms with Gasteiger partial charge in [-0.2, -0.15) is 0 Å². The standard InChI is InChI=1S/C14H16ClN3O/c1-9-8-10(5-6-11(9)15)13(18-16)14-12(19-2)4-3-7-17-14/h3-8,13,18H,16H2,1-2H3. The minimum absolute atomic E-state index is 0.243. The first-order valence-electron chi connectivity index (χ1n) is 5.88. The number of rotatable bonds is 4. The Bertz CT molecular complexity index is 574. The predicted molar refractivity (Wildman–Crippen MR) is 76.1 cm³/mol. The first kappa shape index (κ1) is 13.8. The Morgan fingerprint density at radius 1 is 1.37 bits per heavy atom. The van der Waals surface area contributed by atoms with E-state index in [0.717, 1.165) is 21.8 Å². The van der Waals surface area contributed by atoms with Crippen molar-refractivity contribution in [2.24, 2.45) is 5.84 Å². The molecule has 0 bridgehead atoms. The van der Waals surface area contributed by atoms with Crippen molar-refractivity contribution >= 4 is 11.6 Å². The smallest absolute Gasteiger partial charge is 0.142 e. The van der Waals surface area contributed by atoms with Gasteiger partial charge in [0.05, 0.1) is 13.2 Å². The van der Waals surface area contributed by atoms with Crippen LogP contribution in [0.15, 0.2) is 36.5 Å². The molecular formula is C14H16ClN3O. The van der Waals surface area contributed by atoms with Gasteiger partial charge in [-0.25, -0.2) is 5.43 Å². The SMILES string of the molecule is COc1cccnc1C(NN)c1ccc(Cl)c(C)c1. The molecule has 1 aromatic heterocycles. The van der Waals surface area contributed by atoms with Crippen molar-refractivity contribution < 1.29 is 4.74 Å². The van der Waals surface area contributed by atoms with Gasteiger partial charge in [0.1, 0.15) is 11.4 Å². The van der Waals surface area contributed by atoms with Gasteiger partial charge in [0, 0.05) is 11.2 Å². The molecule has 4 nitrogen and oxygen atoms in total. The van der Waals surface area contributed by atoms with Crippen LogP contribution in [-0.4, -0.2) is 12.1 Å². The first-order valence-corrected chi connectivity index (χ1v) is 6.26. The Hall–Kier alpha value is -1.62. The number of nitrogens with zero attached hydrogens (tertiary/aromatic N) is 1. The van der Waals surface area contributed by atoms with E-state index >= 15 is 0 Å². The number of hydrogen-bond donors (Lipinski definition) is 2. The molecule has 0 aliphatic heterocycles. The average molecular weight is 278 g/mol. The Labute approximate surface area is 117 Å². The zero-order valence-electron chi connectivity index (χ0n) is 10.9. The minimum atomic E-state index is -0.243. The van der Waals surface area contributed by atoms with E-state index in [4.69, 9.17) is 22.2 Å². The third kappa shape index (κ3) is 2.87. The van der Waals surface area contributed by atoms with Crippen LogP contribution in [-0.2, 0) is 0 Å². The molecular weight excluding hydrogens is 262 g/mol. The molecule has 1 heterocycles. The molecule has 0 spiro atoms. The van der Waals surface area contributed by atoms with Crippen LogP contribution in [0.1, 0.15) is 22.9 Å². The molecule has 0 aliphatic carbocycles. The lowest BCUT2D eigenvalue weighted by molar-refractivity contribution is 0.400. The molecule has 0 saturated carbocycles. The summed E-state index contributed by atoms with van der Waals surface area (Å²) < 4.78 is 5.32. The highest BCUT2D eigenvalue weighted by Gasteiger charge is 2.18. The van der Waals surface area contributed by atoms with E-state index < -0.39 is 0 Å². The number of ether oxygens (including phenoxy) is 1. The molecule has 0 radical (unpaired) electrons. The second-order valence-corrected chi connectivity index (χ2v) is 4.61. The number of halogens is 1. The average Bonchev–Trinajstić information content (AvgIpc) is 2.44. The normalized spacial score (nSPS) is 12.2. The van der Waals surface area contributed by atoms with E-state index in [1.165, 1.54) is 0 Å². The third-order valence-electron chi connectivity index (χ3n) is 2.98. The van der Waals surface area contributed by atoms with Crippen molar-refractivity contribution in [3.8, 4) is 5.75 Å². The lowest BCUT2D eigenvalue weighted by Crippen LogP contribution is -2.29. The zero-order valence-corrected chi connectivity index (χ0v) is 11.6. The van der Waals surface area contributed by atoms with E-state index in [9.17, 15) is 0 Å². The number of nitrogens with two attached hydrogens (primary N) is 1. The van der Waals surface area contributed by atoms with Crippen LogP contribution in [0.25, 0.3) is 0 Å². The van der Waals surface area contributed by atoms with Gasteiger partial charge in [-0.1, -0.05) is 23.7 Å². The minimum Gasteiger partial charge on any atom is -0.495 e. The van der Waals surface area contributed by atoms with Crippen LogP contribution in [0.4, 0.5) is 0 Å². The zero-order chi connectivity index (χ0) is 13.8. The molecule has 0 amide bonds. The maximum Gasteiger partial charge on any atom is 0.142 e. The summed E-state index contributed by atoms with van der Waals surface area (Å²) in [5.74, 6) is 6.36. The van der Waals surface area contributed by atoms with Crippen molar-refractivity contribution in [3.63, 3.8) is 0 Å². The second-order valence-electron chi connectivity index (χ2n) is 4.20. The number of hydrazine groups is 1. The van der Waals surface area contributed by atoms with Crippen molar-refractivity contribution in [2.45, 2.75) is 13.0 Å². The largest absolute Gasteiger partial charge is 0.495 e. The number of aryl methyl sites for hydroxylation is 1. The van der Waals surface area contributed by atoms with Crippen LogP contribution in [0.2, 0.25) is 5.02 Å². The second kappa shape index (κ2) is 6.02. The third-order valence-corrected chi connectivity index (χ3v) is 3.40. The molecule has 3 N–H and O–H groups in total. The van der Waals surface area contributed by atoms with E-state index in [1.807, 2.05) is 37.3 Å². The summed E-state index contributed by atoms with van der Waals surface area (Å²) in [7, 11) is 1.61. The highest BCUT2D eigenvalue weighted by Crippen LogP contribution is 2.29. The fourth-order valence-electron chi connectivity index (χ4n) is 1.97. The highest BCUT2D eigenvalue weighted by atomic mass is 35.5. The molecule has 5 heteroatoms. The summed E-state index contributed by atoms with van der Waals surface area (Å²) >= 11 is 6.04. The van der Waals surface area contributed by atoms with Gasteiger partial charge in [-0.15, -0.1) is 0 Å². The Balaban J connectivity index is 2.46. The van der Waals surface area contributed by atoms with Gasteiger partial charge in [0.15, 0.2) is 0 Å². The van der Waals surface area contributed by atoms with Crippen molar-refractivity contribution in [1.82, 2.24) is 10.4 Å². The summed E-state index contributed by atoms with van der Waals surface area (Å²) in [4.78, 5) is 4.35. The number of hydrogen-bond acceptors (Lipinski definition) is 4. The molecule has 19 heavy (non-hydrogen) atoms. The monoisotopic (exact) mass is 277 g/mol. The van der Waals surface area contributed by atoms with Crippen molar-refractivity contribution in [3.05, 3.63) is 58.4 Å². The molecule has 1 unspecified atom stereocenters. The van der Waals surface area contributed by atoms with Crippen molar-refractivity contribution in [2.75, 3.05) is 7.11 Å². The molecule has 2 aromatic rings. The molecule has 0 saturated heterocycles. The summed E-state index contributed by atoms with van der Waals surface area (Å²) in [6.45, 7) is 1.95. The summed E-state index contributed by atoms with van der Waals surface area (Å²) in [6, 6.07) is 9.20. The van der Waals surface area contributed by atoms with Gasteiger partial charge in [-0.3, -0.25) is 10.8 Å². The number of nitrogens with one attached hydrogen (secondary N) is 1. The Kier molecular flexibility index (Phi) is 4.37. The predicted octanol–water partition coefficient (Wildman–Crippen LogP) is 2.60. The molecule has 0 fully saturated rings. The lowest BCUT2D eigenvalue weighted by Gasteiger charge is -2.19. The van der Waals surface area contributed by atoms with Crippen LogP contribution in [0.3, 0.4) is 0 Å². The summed E-state index contributed by atoms with van der Waals surface area (Å²) in [6.07, 6.45) is 1.71. The topological polar surface area (TPSA) is 60.2 Å². The number of methoxy groups -OCH3 is 1.